The molecule has 1 aromatic rings. The van der Waals surface area contributed by atoms with E-state index in [0.717, 1.165) is 4.31 Å². The summed E-state index contributed by atoms with van der Waals surface area (Å²) in [4.78, 5) is 11.0. The number of ether oxygens (including phenoxy) is 1. The molecule has 0 bridgehead atoms. The zero-order valence-corrected chi connectivity index (χ0v) is 11.5. The number of sulfonamides is 1. The Labute approximate surface area is 110 Å². The number of nitrogen functional groups attached to an aromatic ring is 1. The Morgan fingerprint density at radius 1 is 1.50 bits per heavy atom. The number of nitrogens with two attached hydrogens (primary N) is 1. The van der Waals surface area contributed by atoms with Crippen molar-refractivity contribution in [2.75, 3.05) is 26.4 Å². The Balaban J connectivity index is 3.09. The number of halogens is 1. The van der Waals surface area contributed by atoms with Crippen molar-refractivity contribution in [3.63, 3.8) is 0 Å². The summed E-state index contributed by atoms with van der Waals surface area (Å²) in [5.74, 6) is -0.659. The van der Waals surface area contributed by atoms with Gasteiger partial charge in [0.05, 0.1) is 12.8 Å². The molecule has 0 aliphatic carbocycles. The number of carbonyl (C=O) groups excluding carboxylic acids is 1. The molecule has 1 aromatic carbocycles. The minimum absolute atomic E-state index is 0.0271. The Morgan fingerprint density at radius 2 is 2.11 bits per heavy atom. The fraction of sp³-hybridized carbons (Fsp3) is 0.300. The molecule has 1 rings (SSSR count). The van der Waals surface area contributed by atoms with E-state index in [9.17, 15) is 13.2 Å². The Kier molecular flexibility index (Phi) is 4.55. The third kappa shape index (κ3) is 3.12. The monoisotopic (exact) mass is 292 g/mol. The second-order valence-electron chi connectivity index (χ2n) is 3.52. The van der Waals surface area contributed by atoms with Crippen molar-refractivity contribution in [1.29, 1.82) is 0 Å². The number of hydrogen-bond donors (Lipinski definition) is 1. The van der Waals surface area contributed by atoms with E-state index in [1.165, 1.54) is 32.4 Å². The maximum atomic E-state index is 12.1. The van der Waals surface area contributed by atoms with Crippen LogP contribution < -0.4 is 5.73 Å². The lowest BCUT2D eigenvalue weighted by Gasteiger charge is -2.17. The first-order valence-electron chi connectivity index (χ1n) is 4.87. The molecule has 0 aromatic heterocycles. The molecule has 0 aliphatic rings. The number of benzene rings is 1. The van der Waals surface area contributed by atoms with Crippen molar-refractivity contribution < 1.29 is 17.9 Å². The number of likely N-dealkylation sites (N-methyl/N-ethyl adjacent to an activating group) is 1. The number of rotatable bonds is 4. The fourth-order valence-corrected chi connectivity index (χ4v) is 2.64. The molecule has 0 spiro atoms. The van der Waals surface area contributed by atoms with Gasteiger partial charge in [0.2, 0.25) is 10.0 Å². The summed E-state index contributed by atoms with van der Waals surface area (Å²) in [6.45, 7) is -0.388. The van der Waals surface area contributed by atoms with Gasteiger partial charge in [-0.3, -0.25) is 4.79 Å². The molecule has 0 atom stereocenters. The fourth-order valence-electron chi connectivity index (χ4n) is 1.25. The van der Waals surface area contributed by atoms with Crippen LogP contribution in [0.5, 0.6) is 0 Å². The summed E-state index contributed by atoms with van der Waals surface area (Å²) >= 11 is 5.69. The molecule has 0 fully saturated rings. The van der Waals surface area contributed by atoms with Crippen molar-refractivity contribution in [3.8, 4) is 0 Å². The molecule has 18 heavy (non-hydrogen) atoms. The summed E-state index contributed by atoms with van der Waals surface area (Å²) in [5.41, 5.74) is 5.63. The Bertz CT molecular complexity index is 559. The highest BCUT2D eigenvalue weighted by Crippen LogP contribution is 2.24. The number of hydrogen-bond acceptors (Lipinski definition) is 5. The molecular weight excluding hydrogens is 280 g/mol. The van der Waals surface area contributed by atoms with Gasteiger partial charge in [0.25, 0.3) is 0 Å². The number of anilines is 1. The molecule has 8 heteroatoms. The summed E-state index contributed by atoms with van der Waals surface area (Å²) in [7, 11) is -1.40. The molecule has 0 radical (unpaired) electrons. The van der Waals surface area contributed by atoms with E-state index in [1.807, 2.05) is 0 Å². The second kappa shape index (κ2) is 5.55. The van der Waals surface area contributed by atoms with Crippen LogP contribution in [0, 0.1) is 0 Å². The van der Waals surface area contributed by atoms with E-state index in [0.29, 0.717) is 5.02 Å². The first-order chi connectivity index (χ1) is 8.28. The lowest BCUT2D eigenvalue weighted by Crippen LogP contribution is -2.33. The van der Waals surface area contributed by atoms with Gasteiger partial charge in [0, 0.05) is 12.1 Å². The largest absolute Gasteiger partial charge is 0.468 e. The number of carbonyl (C=O) groups is 1. The minimum Gasteiger partial charge on any atom is -0.468 e. The molecule has 0 amide bonds. The topological polar surface area (TPSA) is 89.7 Å². The molecule has 6 nitrogen and oxygen atoms in total. The van der Waals surface area contributed by atoms with E-state index < -0.39 is 16.0 Å². The average molecular weight is 293 g/mol. The minimum atomic E-state index is -3.84. The van der Waals surface area contributed by atoms with Gasteiger partial charge >= 0.3 is 5.97 Å². The highest BCUT2D eigenvalue weighted by molar-refractivity contribution is 7.89. The van der Waals surface area contributed by atoms with Crippen LogP contribution in [-0.4, -0.2) is 39.4 Å². The maximum absolute atomic E-state index is 12.1. The molecule has 0 heterocycles. The zero-order valence-electron chi connectivity index (χ0n) is 9.88. The molecule has 0 aliphatic heterocycles. The van der Waals surface area contributed by atoms with E-state index in [2.05, 4.69) is 4.74 Å². The molecule has 100 valence electrons. The van der Waals surface area contributed by atoms with E-state index in [4.69, 9.17) is 17.3 Å². The van der Waals surface area contributed by atoms with Crippen molar-refractivity contribution in [2.45, 2.75) is 4.90 Å². The molecule has 0 unspecified atom stereocenters. The molecular formula is C10H13ClN2O4S. The normalized spacial score (nSPS) is 11.6. The predicted molar refractivity (Wildman–Crippen MR) is 67.7 cm³/mol. The quantitative estimate of drug-likeness (QED) is 0.652. The van der Waals surface area contributed by atoms with Crippen LogP contribution >= 0.6 is 11.6 Å². The van der Waals surface area contributed by atoms with Crippen molar-refractivity contribution in [1.82, 2.24) is 4.31 Å². The van der Waals surface area contributed by atoms with Gasteiger partial charge in [0.1, 0.15) is 11.4 Å². The highest BCUT2D eigenvalue weighted by Gasteiger charge is 2.25. The molecule has 2 N–H and O–H groups in total. The highest BCUT2D eigenvalue weighted by atomic mass is 35.5. The molecule has 0 saturated carbocycles. The van der Waals surface area contributed by atoms with Gasteiger partial charge < -0.3 is 10.5 Å². The Morgan fingerprint density at radius 3 is 2.61 bits per heavy atom. The van der Waals surface area contributed by atoms with E-state index >= 15 is 0 Å². The van der Waals surface area contributed by atoms with Crippen LogP contribution in [0.3, 0.4) is 0 Å². The standard InChI is InChI=1S/C10H13ClN2O4S/c1-13(6-10(14)17-2)18(15,16)9-4-3-7(11)5-8(9)12/h3-5H,6,12H2,1-2H3. The van der Waals surface area contributed by atoms with Crippen molar-refractivity contribution >= 4 is 33.3 Å². The Hall–Kier alpha value is -1.31. The smallest absolute Gasteiger partial charge is 0.321 e. The van der Waals surface area contributed by atoms with Crippen LogP contribution in [0.1, 0.15) is 0 Å². The number of methoxy groups -OCH3 is 1. The van der Waals surface area contributed by atoms with Gasteiger partial charge in [-0.1, -0.05) is 11.6 Å². The van der Waals surface area contributed by atoms with Crippen molar-refractivity contribution in [2.24, 2.45) is 0 Å². The SMILES string of the molecule is COC(=O)CN(C)S(=O)(=O)c1ccc(Cl)cc1N. The summed E-state index contributed by atoms with van der Waals surface area (Å²) in [6.07, 6.45) is 0. The van der Waals surface area contributed by atoms with Gasteiger partial charge in [-0.15, -0.1) is 0 Å². The van der Waals surface area contributed by atoms with Gasteiger partial charge in [-0.25, -0.2) is 8.42 Å². The summed E-state index contributed by atoms with van der Waals surface area (Å²) < 4.78 is 29.5. The number of esters is 1. The lowest BCUT2D eigenvalue weighted by atomic mass is 10.3. The summed E-state index contributed by atoms with van der Waals surface area (Å²) in [5, 5.41) is 0.335. The molecule has 0 saturated heterocycles. The van der Waals surface area contributed by atoms with Crippen molar-refractivity contribution in [3.05, 3.63) is 23.2 Å². The van der Waals surface area contributed by atoms with Crippen LogP contribution in [0.2, 0.25) is 5.02 Å². The van der Waals surface area contributed by atoms with E-state index in [-0.39, 0.29) is 17.1 Å². The number of nitrogens with zero attached hydrogens (tertiary/aromatic N) is 1. The first kappa shape index (κ1) is 14.7. The average Bonchev–Trinajstić information content (AvgIpc) is 2.28. The van der Waals surface area contributed by atoms with Crippen LogP contribution in [-0.2, 0) is 19.6 Å². The second-order valence-corrected chi connectivity index (χ2v) is 5.97. The van der Waals surface area contributed by atoms with Crippen LogP contribution in [0.15, 0.2) is 23.1 Å². The lowest BCUT2D eigenvalue weighted by molar-refractivity contribution is -0.140. The predicted octanol–water partition coefficient (Wildman–Crippen LogP) is 0.716. The van der Waals surface area contributed by atoms with Gasteiger partial charge in [-0.05, 0) is 18.2 Å². The van der Waals surface area contributed by atoms with Crippen LogP contribution in [0.25, 0.3) is 0 Å². The van der Waals surface area contributed by atoms with Gasteiger partial charge in [0.15, 0.2) is 0 Å². The zero-order chi connectivity index (χ0) is 13.9. The first-order valence-corrected chi connectivity index (χ1v) is 6.69. The summed E-state index contributed by atoms with van der Waals surface area (Å²) in [6, 6.07) is 4.04. The van der Waals surface area contributed by atoms with Crippen LogP contribution in [0.4, 0.5) is 5.69 Å². The maximum Gasteiger partial charge on any atom is 0.321 e. The van der Waals surface area contributed by atoms with Gasteiger partial charge in [-0.2, -0.15) is 4.31 Å². The third-order valence-corrected chi connectivity index (χ3v) is 4.35. The van der Waals surface area contributed by atoms with E-state index in [1.54, 1.807) is 0 Å². The third-order valence-electron chi connectivity index (χ3n) is 2.24.